The van der Waals surface area contributed by atoms with Gasteiger partial charge >= 0.3 is 0 Å². The van der Waals surface area contributed by atoms with Gasteiger partial charge in [-0.2, -0.15) is 5.10 Å². The van der Waals surface area contributed by atoms with Crippen LogP contribution in [0, 0.1) is 0 Å². The van der Waals surface area contributed by atoms with Crippen LogP contribution in [0.2, 0.25) is 0 Å². The molecular formula is C8H6BrN5O. The van der Waals surface area contributed by atoms with E-state index in [-0.39, 0.29) is 11.7 Å². The average Bonchev–Trinajstić information content (AvgIpc) is 2.74. The molecule has 0 atom stereocenters. The van der Waals surface area contributed by atoms with Crippen LogP contribution in [0.4, 0.5) is 5.69 Å². The lowest BCUT2D eigenvalue weighted by atomic mass is 10.4. The number of carbonyl (C=O) groups is 1. The van der Waals surface area contributed by atoms with Gasteiger partial charge in [0.1, 0.15) is 6.33 Å². The molecule has 0 aromatic carbocycles. The number of H-pyrrole nitrogens is 1. The summed E-state index contributed by atoms with van der Waals surface area (Å²) in [6.45, 7) is 0. The lowest BCUT2D eigenvalue weighted by Gasteiger charge is -2.03. The first-order valence-corrected chi connectivity index (χ1v) is 4.83. The summed E-state index contributed by atoms with van der Waals surface area (Å²) in [6.07, 6.45) is 4.45. The van der Waals surface area contributed by atoms with Gasteiger partial charge in [0, 0.05) is 12.4 Å². The van der Waals surface area contributed by atoms with Crippen molar-refractivity contribution < 1.29 is 4.79 Å². The van der Waals surface area contributed by atoms with E-state index >= 15 is 0 Å². The van der Waals surface area contributed by atoms with Crippen molar-refractivity contribution >= 4 is 27.5 Å². The van der Waals surface area contributed by atoms with Gasteiger partial charge < -0.3 is 5.32 Å². The van der Waals surface area contributed by atoms with Gasteiger partial charge in [0.05, 0.1) is 10.2 Å². The molecule has 0 saturated heterocycles. The summed E-state index contributed by atoms with van der Waals surface area (Å²) in [5.41, 5.74) is 0.631. The Morgan fingerprint density at radius 3 is 3.07 bits per heavy atom. The fraction of sp³-hybridized carbons (Fsp3) is 0. The molecule has 2 rings (SSSR count). The van der Waals surface area contributed by atoms with Crippen LogP contribution in [0.5, 0.6) is 0 Å². The number of amides is 1. The third-order valence-corrected chi connectivity index (χ3v) is 2.28. The minimum absolute atomic E-state index is 0.165. The summed E-state index contributed by atoms with van der Waals surface area (Å²) in [5, 5.41) is 8.71. The summed E-state index contributed by atoms with van der Waals surface area (Å²) < 4.78 is 0.706. The summed E-state index contributed by atoms with van der Waals surface area (Å²) >= 11 is 3.26. The quantitative estimate of drug-likeness (QED) is 0.857. The van der Waals surface area contributed by atoms with Crippen LogP contribution >= 0.6 is 15.9 Å². The maximum atomic E-state index is 11.5. The maximum absolute atomic E-state index is 11.5. The molecular weight excluding hydrogens is 262 g/mol. The van der Waals surface area contributed by atoms with Crippen LogP contribution < -0.4 is 5.32 Å². The number of aromatic nitrogens is 4. The molecule has 0 spiro atoms. The van der Waals surface area contributed by atoms with E-state index in [1.807, 2.05) is 0 Å². The second-order valence-corrected chi connectivity index (χ2v) is 3.50. The number of anilines is 1. The number of hydrogen-bond acceptors (Lipinski definition) is 4. The highest BCUT2D eigenvalue weighted by molar-refractivity contribution is 9.10. The Kier molecular flexibility index (Phi) is 2.72. The number of rotatable bonds is 2. The van der Waals surface area contributed by atoms with E-state index in [1.54, 1.807) is 18.5 Å². The average molecular weight is 268 g/mol. The number of aromatic amines is 1. The molecule has 2 heterocycles. The molecule has 6 nitrogen and oxygen atoms in total. The molecule has 2 aromatic heterocycles. The fourth-order valence-corrected chi connectivity index (χ4v) is 1.32. The smallest absolute Gasteiger partial charge is 0.293 e. The number of halogens is 1. The molecule has 0 aliphatic carbocycles. The third kappa shape index (κ3) is 2.18. The van der Waals surface area contributed by atoms with Crippen LogP contribution in [0.3, 0.4) is 0 Å². The molecule has 0 radical (unpaired) electrons. The lowest BCUT2D eigenvalue weighted by molar-refractivity contribution is 0.101. The zero-order valence-electron chi connectivity index (χ0n) is 7.44. The number of pyridine rings is 1. The summed E-state index contributed by atoms with van der Waals surface area (Å²) in [4.78, 5) is 19.2. The number of hydrogen-bond donors (Lipinski definition) is 2. The SMILES string of the molecule is O=C(Nc1ccncc1Br)c1ncn[nH]1. The highest BCUT2D eigenvalue weighted by Gasteiger charge is 2.10. The molecule has 0 fully saturated rings. The Hall–Kier alpha value is -1.76. The number of nitrogens with zero attached hydrogens (tertiary/aromatic N) is 3. The van der Waals surface area contributed by atoms with Crippen molar-refractivity contribution in [2.24, 2.45) is 0 Å². The van der Waals surface area contributed by atoms with Crippen molar-refractivity contribution in [3.8, 4) is 0 Å². The van der Waals surface area contributed by atoms with Crippen molar-refractivity contribution in [3.63, 3.8) is 0 Å². The molecule has 0 bridgehead atoms. The predicted molar refractivity (Wildman–Crippen MR) is 56.3 cm³/mol. The predicted octanol–water partition coefficient (Wildman–Crippen LogP) is 1.21. The van der Waals surface area contributed by atoms with Gasteiger partial charge in [-0.25, -0.2) is 4.98 Å². The Morgan fingerprint density at radius 2 is 2.40 bits per heavy atom. The molecule has 0 aliphatic heterocycles. The van der Waals surface area contributed by atoms with E-state index in [1.165, 1.54) is 6.33 Å². The van der Waals surface area contributed by atoms with Gasteiger partial charge in [-0.05, 0) is 22.0 Å². The van der Waals surface area contributed by atoms with Crippen LogP contribution in [0.1, 0.15) is 10.6 Å². The fourth-order valence-electron chi connectivity index (χ4n) is 0.973. The second kappa shape index (κ2) is 4.18. The van der Waals surface area contributed by atoms with Gasteiger partial charge in [-0.3, -0.25) is 14.9 Å². The minimum Gasteiger partial charge on any atom is -0.318 e. The highest BCUT2D eigenvalue weighted by Crippen LogP contribution is 2.19. The van der Waals surface area contributed by atoms with Gasteiger partial charge in [-0.1, -0.05) is 0 Å². The van der Waals surface area contributed by atoms with Crippen molar-refractivity contribution in [3.05, 3.63) is 35.1 Å². The maximum Gasteiger partial charge on any atom is 0.293 e. The van der Waals surface area contributed by atoms with Gasteiger partial charge in [0.15, 0.2) is 0 Å². The zero-order valence-corrected chi connectivity index (χ0v) is 9.02. The van der Waals surface area contributed by atoms with Gasteiger partial charge in [0.2, 0.25) is 5.82 Å². The monoisotopic (exact) mass is 267 g/mol. The molecule has 7 heteroatoms. The van der Waals surface area contributed by atoms with Crippen molar-refractivity contribution in [2.75, 3.05) is 5.32 Å². The molecule has 2 N–H and O–H groups in total. The van der Waals surface area contributed by atoms with E-state index < -0.39 is 0 Å². The first kappa shape index (κ1) is 9.78. The van der Waals surface area contributed by atoms with E-state index in [0.29, 0.717) is 10.2 Å². The Morgan fingerprint density at radius 1 is 1.53 bits per heavy atom. The first-order valence-electron chi connectivity index (χ1n) is 4.03. The molecule has 0 unspecified atom stereocenters. The van der Waals surface area contributed by atoms with E-state index in [0.717, 1.165) is 0 Å². The standard InChI is InChI=1S/C8H6BrN5O/c9-5-3-10-2-1-6(5)13-8(15)7-11-4-12-14-7/h1-4H,(H,10,13,15)(H,11,12,14). The van der Waals surface area contributed by atoms with Crippen molar-refractivity contribution in [2.45, 2.75) is 0 Å². The molecule has 1 amide bonds. The number of carbonyl (C=O) groups excluding carboxylic acids is 1. The summed E-state index contributed by atoms with van der Waals surface area (Å²) in [7, 11) is 0. The largest absolute Gasteiger partial charge is 0.318 e. The molecule has 15 heavy (non-hydrogen) atoms. The second-order valence-electron chi connectivity index (χ2n) is 2.64. The van der Waals surface area contributed by atoms with Crippen LogP contribution in [0.25, 0.3) is 0 Å². The highest BCUT2D eigenvalue weighted by atomic mass is 79.9. The van der Waals surface area contributed by atoms with Crippen LogP contribution in [0.15, 0.2) is 29.3 Å². The topological polar surface area (TPSA) is 83.6 Å². The number of nitrogens with one attached hydrogen (secondary N) is 2. The summed E-state index contributed by atoms with van der Waals surface area (Å²) in [6, 6.07) is 1.68. The van der Waals surface area contributed by atoms with E-state index in [2.05, 4.69) is 41.4 Å². The molecule has 76 valence electrons. The Bertz CT molecular complexity index is 470. The molecule has 0 saturated carbocycles. The normalized spacial score (nSPS) is 9.93. The van der Waals surface area contributed by atoms with Gasteiger partial charge in [-0.15, -0.1) is 0 Å². The van der Waals surface area contributed by atoms with Crippen molar-refractivity contribution in [1.29, 1.82) is 0 Å². The lowest BCUT2D eigenvalue weighted by Crippen LogP contribution is -2.14. The summed E-state index contributed by atoms with van der Waals surface area (Å²) in [5.74, 6) is -0.182. The Labute approximate surface area is 93.3 Å². The minimum atomic E-state index is -0.348. The van der Waals surface area contributed by atoms with Crippen LogP contribution in [-0.4, -0.2) is 26.1 Å². The van der Waals surface area contributed by atoms with Crippen LogP contribution in [-0.2, 0) is 0 Å². The molecule has 2 aromatic rings. The molecule has 0 aliphatic rings. The van der Waals surface area contributed by atoms with E-state index in [9.17, 15) is 4.79 Å². The van der Waals surface area contributed by atoms with E-state index in [4.69, 9.17) is 0 Å². The first-order chi connectivity index (χ1) is 7.27. The zero-order chi connectivity index (χ0) is 10.7. The Balaban J connectivity index is 2.17. The van der Waals surface area contributed by atoms with Crippen molar-refractivity contribution in [1.82, 2.24) is 20.2 Å². The third-order valence-electron chi connectivity index (χ3n) is 1.65. The van der Waals surface area contributed by atoms with Gasteiger partial charge in [0.25, 0.3) is 5.91 Å².